The van der Waals surface area contributed by atoms with Gasteiger partial charge < -0.3 is 11.1 Å². The number of anilines is 2. The molecule has 0 bridgehead atoms. The van der Waals surface area contributed by atoms with Crippen LogP contribution in [0.25, 0.3) is 10.2 Å². The number of carbonyl (C=O) groups excluding carboxylic acids is 1. The molecule has 1 aliphatic carbocycles. The van der Waals surface area contributed by atoms with Crippen LogP contribution in [-0.4, -0.2) is 47.4 Å². The van der Waals surface area contributed by atoms with Crippen molar-refractivity contribution in [2.75, 3.05) is 29.9 Å². The highest BCUT2D eigenvalue weighted by atomic mass is 32.2. The predicted octanol–water partition coefficient (Wildman–Crippen LogP) is 4.37. The molecule has 8 nitrogen and oxygen atoms in total. The summed E-state index contributed by atoms with van der Waals surface area (Å²) < 4.78 is 27.8. The van der Waals surface area contributed by atoms with Crippen molar-refractivity contribution in [3.63, 3.8) is 0 Å². The Morgan fingerprint density at radius 3 is 2.71 bits per heavy atom. The van der Waals surface area contributed by atoms with Gasteiger partial charge in [0, 0.05) is 23.7 Å². The van der Waals surface area contributed by atoms with Gasteiger partial charge in [0.05, 0.1) is 16.0 Å². The summed E-state index contributed by atoms with van der Waals surface area (Å²) in [5.41, 5.74) is 8.68. The molecule has 35 heavy (non-hydrogen) atoms. The summed E-state index contributed by atoms with van der Waals surface area (Å²) in [4.78, 5) is 24.2. The lowest BCUT2D eigenvalue weighted by atomic mass is 9.97. The Morgan fingerprint density at radius 1 is 1.14 bits per heavy atom. The average molecular weight is 532 g/mol. The molecule has 0 radical (unpaired) electrons. The highest BCUT2D eigenvalue weighted by Crippen LogP contribution is 2.38. The number of aryl methyl sites for hydroxylation is 3. The number of nitrogens with zero attached hydrogens (tertiary/aromatic N) is 3. The van der Waals surface area contributed by atoms with Gasteiger partial charge in [-0.25, -0.2) is 18.4 Å². The van der Waals surface area contributed by atoms with Gasteiger partial charge in [0.15, 0.2) is 5.16 Å². The number of hydrogen-bond donors (Lipinski definition) is 2. The van der Waals surface area contributed by atoms with Crippen LogP contribution in [0.3, 0.4) is 0 Å². The zero-order chi connectivity index (χ0) is 24.6. The van der Waals surface area contributed by atoms with Gasteiger partial charge in [-0.2, -0.15) is 4.31 Å². The molecular formula is C24H29N5O3S3. The van der Waals surface area contributed by atoms with Crippen LogP contribution in [0.15, 0.2) is 28.3 Å². The van der Waals surface area contributed by atoms with Crippen LogP contribution in [0.5, 0.6) is 0 Å². The molecule has 0 atom stereocenters. The maximum Gasteiger partial charge on any atom is 0.243 e. The Labute approximate surface area is 213 Å². The molecule has 1 aromatic carbocycles. The Kier molecular flexibility index (Phi) is 7.02. The molecule has 1 saturated heterocycles. The molecule has 3 aromatic rings. The normalized spacial score (nSPS) is 16.8. The predicted molar refractivity (Wildman–Crippen MR) is 142 cm³/mol. The van der Waals surface area contributed by atoms with Crippen LogP contribution in [0, 0.1) is 6.92 Å². The maximum atomic E-state index is 13.2. The van der Waals surface area contributed by atoms with E-state index in [0.717, 1.165) is 48.7 Å². The molecule has 0 unspecified atom stereocenters. The Bertz CT molecular complexity index is 1380. The van der Waals surface area contributed by atoms with Gasteiger partial charge in [0.25, 0.3) is 0 Å². The molecule has 3 heterocycles. The van der Waals surface area contributed by atoms with Gasteiger partial charge in [-0.05, 0) is 68.7 Å². The number of piperidine rings is 1. The van der Waals surface area contributed by atoms with Crippen molar-refractivity contribution in [3.8, 4) is 0 Å². The van der Waals surface area contributed by atoms with E-state index in [1.165, 1.54) is 28.6 Å². The number of nitrogen functional groups attached to an aromatic ring is 1. The van der Waals surface area contributed by atoms with E-state index in [0.29, 0.717) is 35.3 Å². The number of fused-ring (bicyclic) bond motifs is 3. The van der Waals surface area contributed by atoms with Gasteiger partial charge in [0.1, 0.15) is 10.6 Å². The minimum atomic E-state index is -3.59. The second-order valence-electron chi connectivity index (χ2n) is 9.06. The van der Waals surface area contributed by atoms with E-state index in [1.807, 2.05) is 0 Å². The molecule has 186 valence electrons. The Morgan fingerprint density at radius 2 is 1.91 bits per heavy atom. The number of rotatable bonds is 6. The van der Waals surface area contributed by atoms with Gasteiger partial charge in [-0.3, -0.25) is 4.79 Å². The first-order valence-corrected chi connectivity index (χ1v) is 15.2. The molecule has 2 aromatic heterocycles. The fourth-order valence-electron chi connectivity index (χ4n) is 4.76. The second kappa shape index (κ2) is 10.0. The summed E-state index contributed by atoms with van der Waals surface area (Å²) in [6.07, 6.45) is 7.23. The minimum Gasteiger partial charge on any atom is -0.383 e. The standard InChI is InChI=1S/C24H29N5O3S3/c1-15-9-10-16(13-19(15)35(31,32)29-11-5-2-6-12-29)26-20(30)14-33-24-27-22(25)21-17-7-3-4-8-18(17)34-23(21)28-24/h9-10,13H,2-8,11-12,14H2,1H3,(H,26,30)(H2,25,27,28). The maximum absolute atomic E-state index is 13.2. The molecular weight excluding hydrogens is 502 g/mol. The highest BCUT2D eigenvalue weighted by Gasteiger charge is 2.28. The molecule has 1 fully saturated rings. The van der Waals surface area contributed by atoms with Crippen LogP contribution < -0.4 is 11.1 Å². The molecule has 2 aliphatic rings. The number of thioether (sulfide) groups is 1. The lowest BCUT2D eigenvalue weighted by Gasteiger charge is -2.26. The zero-order valence-electron chi connectivity index (χ0n) is 19.7. The number of thiophene rings is 1. The van der Waals surface area contributed by atoms with E-state index in [2.05, 4.69) is 15.3 Å². The number of benzene rings is 1. The average Bonchev–Trinajstić information content (AvgIpc) is 3.23. The molecule has 3 N–H and O–H groups in total. The van der Waals surface area contributed by atoms with Crippen molar-refractivity contribution >= 4 is 60.8 Å². The van der Waals surface area contributed by atoms with Gasteiger partial charge >= 0.3 is 0 Å². The van der Waals surface area contributed by atoms with Crippen LogP contribution in [0.4, 0.5) is 11.5 Å². The number of hydrogen-bond acceptors (Lipinski definition) is 8. The molecule has 0 saturated carbocycles. The monoisotopic (exact) mass is 531 g/mol. The van der Waals surface area contributed by atoms with Crippen molar-refractivity contribution in [2.24, 2.45) is 0 Å². The number of carbonyl (C=O) groups is 1. The third-order valence-corrected chi connectivity index (χ3v) is 10.6. The van der Waals surface area contributed by atoms with Crippen molar-refractivity contribution in [1.82, 2.24) is 14.3 Å². The number of nitrogens with one attached hydrogen (secondary N) is 1. The van der Waals surface area contributed by atoms with E-state index in [1.54, 1.807) is 40.8 Å². The van der Waals surface area contributed by atoms with Crippen molar-refractivity contribution in [3.05, 3.63) is 34.2 Å². The number of nitrogens with two attached hydrogens (primary N) is 1. The first-order chi connectivity index (χ1) is 16.8. The smallest absolute Gasteiger partial charge is 0.243 e. The summed E-state index contributed by atoms with van der Waals surface area (Å²) in [5.74, 6) is 0.314. The number of sulfonamides is 1. The van der Waals surface area contributed by atoms with Crippen LogP contribution in [0.2, 0.25) is 0 Å². The van der Waals surface area contributed by atoms with Gasteiger partial charge in [-0.1, -0.05) is 24.2 Å². The third kappa shape index (κ3) is 5.04. The fraction of sp³-hybridized carbons (Fsp3) is 0.458. The van der Waals surface area contributed by atoms with Crippen LogP contribution >= 0.6 is 23.1 Å². The van der Waals surface area contributed by atoms with Crippen LogP contribution in [-0.2, 0) is 27.7 Å². The number of amides is 1. The van der Waals surface area contributed by atoms with Crippen LogP contribution in [0.1, 0.15) is 48.1 Å². The SMILES string of the molecule is Cc1ccc(NC(=O)CSc2nc(N)c3c4c(sc3n2)CCCC4)cc1S(=O)(=O)N1CCCCC1. The van der Waals surface area contributed by atoms with E-state index in [9.17, 15) is 13.2 Å². The summed E-state index contributed by atoms with van der Waals surface area (Å²) >= 11 is 2.90. The second-order valence-corrected chi connectivity index (χ2v) is 13.0. The fourth-order valence-corrected chi connectivity index (χ4v) is 8.50. The van der Waals surface area contributed by atoms with Gasteiger partial charge in [0.2, 0.25) is 15.9 Å². The largest absolute Gasteiger partial charge is 0.383 e. The van der Waals surface area contributed by atoms with Crippen molar-refractivity contribution < 1.29 is 13.2 Å². The highest BCUT2D eigenvalue weighted by molar-refractivity contribution is 7.99. The Hall–Kier alpha value is -2.21. The summed E-state index contributed by atoms with van der Waals surface area (Å²) in [5, 5.41) is 4.27. The summed E-state index contributed by atoms with van der Waals surface area (Å²) in [6.45, 7) is 2.85. The zero-order valence-corrected chi connectivity index (χ0v) is 22.1. The first-order valence-electron chi connectivity index (χ1n) is 11.9. The molecule has 11 heteroatoms. The Balaban J connectivity index is 1.28. The van der Waals surface area contributed by atoms with E-state index < -0.39 is 10.0 Å². The molecule has 5 rings (SSSR count). The summed E-state index contributed by atoms with van der Waals surface area (Å²) in [7, 11) is -3.59. The van der Waals surface area contributed by atoms with E-state index in [-0.39, 0.29) is 16.6 Å². The van der Waals surface area contributed by atoms with E-state index in [4.69, 9.17) is 5.73 Å². The van der Waals surface area contributed by atoms with Crippen molar-refractivity contribution in [1.29, 1.82) is 0 Å². The quantitative estimate of drug-likeness (QED) is 0.358. The lowest BCUT2D eigenvalue weighted by molar-refractivity contribution is -0.113. The summed E-state index contributed by atoms with van der Waals surface area (Å²) in [6, 6.07) is 5.01. The topological polar surface area (TPSA) is 118 Å². The van der Waals surface area contributed by atoms with Gasteiger partial charge in [-0.15, -0.1) is 11.3 Å². The van der Waals surface area contributed by atoms with E-state index >= 15 is 0 Å². The third-order valence-electron chi connectivity index (χ3n) is 6.56. The number of aromatic nitrogens is 2. The first kappa shape index (κ1) is 24.5. The lowest BCUT2D eigenvalue weighted by Crippen LogP contribution is -2.36. The molecule has 0 spiro atoms. The molecule has 1 aliphatic heterocycles. The van der Waals surface area contributed by atoms with Crippen molar-refractivity contribution in [2.45, 2.75) is 61.9 Å². The minimum absolute atomic E-state index is 0.0954. The molecule has 1 amide bonds.